The third-order valence-corrected chi connectivity index (χ3v) is 3.42. The van der Waals surface area contributed by atoms with E-state index in [1.807, 2.05) is 45.9 Å². The lowest BCUT2D eigenvalue weighted by molar-refractivity contribution is -0.119. The van der Waals surface area contributed by atoms with Crippen LogP contribution < -0.4 is 5.32 Å². The second kappa shape index (κ2) is 5.25. The number of aromatic nitrogens is 2. The van der Waals surface area contributed by atoms with E-state index in [1.165, 1.54) is 11.8 Å². The van der Waals surface area contributed by atoms with Crippen LogP contribution in [0, 0.1) is 6.92 Å². The topological polar surface area (TPSA) is 57.8 Å². The fourth-order valence-electron chi connectivity index (χ4n) is 1.81. The standard InChI is InChI=1S/C14H19N3OS/c1-9-6-5-7-10-12(9)16-13(15-10)19-8-11(18)17-14(2,3)4/h5-7H,8H2,1-4H3,(H,15,16)(H,17,18). The van der Waals surface area contributed by atoms with Crippen molar-refractivity contribution < 1.29 is 4.79 Å². The number of para-hydroxylation sites is 1. The first-order chi connectivity index (χ1) is 8.85. The molecule has 0 aliphatic heterocycles. The molecule has 1 amide bonds. The minimum absolute atomic E-state index is 0.0229. The summed E-state index contributed by atoms with van der Waals surface area (Å²) in [7, 11) is 0. The summed E-state index contributed by atoms with van der Waals surface area (Å²) in [6.45, 7) is 7.95. The highest BCUT2D eigenvalue weighted by atomic mass is 32.2. The molecule has 1 heterocycles. The van der Waals surface area contributed by atoms with Gasteiger partial charge in [-0.3, -0.25) is 4.79 Å². The van der Waals surface area contributed by atoms with Crippen molar-refractivity contribution in [3.8, 4) is 0 Å². The van der Waals surface area contributed by atoms with Crippen LogP contribution in [0.5, 0.6) is 0 Å². The smallest absolute Gasteiger partial charge is 0.230 e. The van der Waals surface area contributed by atoms with Gasteiger partial charge in [-0.05, 0) is 39.3 Å². The predicted octanol–water partition coefficient (Wildman–Crippen LogP) is 2.88. The van der Waals surface area contributed by atoms with E-state index < -0.39 is 0 Å². The van der Waals surface area contributed by atoms with Gasteiger partial charge in [-0.1, -0.05) is 23.9 Å². The van der Waals surface area contributed by atoms with Crippen LogP contribution in [0.15, 0.2) is 23.4 Å². The molecule has 0 aliphatic rings. The fraction of sp³-hybridized carbons (Fsp3) is 0.429. The number of hydrogen-bond donors (Lipinski definition) is 2. The van der Waals surface area contributed by atoms with Crippen LogP contribution in [0.2, 0.25) is 0 Å². The summed E-state index contributed by atoms with van der Waals surface area (Å²) >= 11 is 1.42. The first-order valence-electron chi connectivity index (χ1n) is 6.24. The Morgan fingerprint density at radius 2 is 2.16 bits per heavy atom. The number of imidazole rings is 1. The lowest BCUT2D eigenvalue weighted by Crippen LogP contribution is -2.41. The molecule has 0 fully saturated rings. The number of carbonyl (C=O) groups is 1. The maximum Gasteiger partial charge on any atom is 0.230 e. The molecule has 0 spiro atoms. The zero-order valence-corrected chi connectivity index (χ0v) is 12.5. The number of hydrogen-bond acceptors (Lipinski definition) is 3. The molecule has 1 aromatic heterocycles. The average molecular weight is 277 g/mol. The van der Waals surface area contributed by atoms with Crippen LogP contribution in [-0.4, -0.2) is 27.2 Å². The fourth-order valence-corrected chi connectivity index (χ4v) is 2.49. The highest BCUT2D eigenvalue weighted by Gasteiger charge is 2.14. The van der Waals surface area contributed by atoms with Crippen molar-refractivity contribution in [1.29, 1.82) is 0 Å². The monoisotopic (exact) mass is 277 g/mol. The van der Waals surface area contributed by atoms with E-state index in [2.05, 4.69) is 15.3 Å². The van der Waals surface area contributed by atoms with Gasteiger partial charge in [-0.25, -0.2) is 4.98 Å². The zero-order valence-electron chi connectivity index (χ0n) is 11.7. The molecule has 2 rings (SSSR count). The first kappa shape index (κ1) is 13.9. The Kier molecular flexibility index (Phi) is 3.85. The molecule has 0 unspecified atom stereocenters. The molecule has 102 valence electrons. The maximum atomic E-state index is 11.7. The Morgan fingerprint density at radius 3 is 2.79 bits per heavy atom. The van der Waals surface area contributed by atoms with Gasteiger partial charge in [0, 0.05) is 5.54 Å². The summed E-state index contributed by atoms with van der Waals surface area (Å²) in [6, 6.07) is 6.02. The molecule has 1 aromatic carbocycles. The SMILES string of the molecule is Cc1cccc2[nH]c(SCC(=O)NC(C)(C)C)nc12. The van der Waals surface area contributed by atoms with E-state index in [4.69, 9.17) is 0 Å². The molecule has 0 atom stereocenters. The van der Waals surface area contributed by atoms with E-state index in [-0.39, 0.29) is 11.4 Å². The Bertz CT molecular complexity index is 598. The largest absolute Gasteiger partial charge is 0.351 e. The Hall–Kier alpha value is -1.49. The quantitative estimate of drug-likeness (QED) is 0.848. The van der Waals surface area contributed by atoms with Crippen molar-refractivity contribution in [3.63, 3.8) is 0 Å². The molecule has 5 heteroatoms. The molecule has 4 nitrogen and oxygen atoms in total. The van der Waals surface area contributed by atoms with E-state index in [1.54, 1.807) is 0 Å². The third kappa shape index (κ3) is 3.73. The van der Waals surface area contributed by atoms with Gasteiger partial charge in [0.2, 0.25) is 5.91 Å². The lowest BCUT2D eigenvalue weighted by Gasteiger charge is -2.19. The highest BCUT2D eigenvalue weighted by Crippen LogP contribution is 2.21. The zero-order chi connectivity index (χ0) is 14.0. The van der Waals surface area contributed by atoms with Gasteiger partial charge < -0.3 is 10.3 Å². The van der Waals surface area contributed by atoms with Gasteiger partial charge in [0.15, 0.2) is 5.16 Å². The summed E-state index contributed by atoms with van der Waals surface area (Å²) < 4.78 is 0. The van der Waals surface area contributed by atoms with Crippen molar-refractivity contribution in [2.24, 2.45) is 0 Å². The van der Waals surface area contributed by atoms with Crippen molar-refractivity contribution in [3.05, 3.63) is 23.8 Å². The van der Waals surface area contributed by atoms with Gasteiger partial charge >= 0.3 is 0 Å². The number of carbonyl (C=O) groups excluding carboxylic acids is 1. The van der Waals surface area contributed by atoms with Gasteiger partial charge in [0.1, 0.15) is 0 Å². The molecule has 0 aliphatic carbocycles. The van der Waals surface area contributed by atoms with E-state index in [9.17, 15) is 4.79 Å². The highest BCUT2D eigenvalue weighted by molar-refractivity contribution is 7.99. The van der Waals surface area contributed by atoms with Gasteiger partial charge in [0.25, 0.3) is 0 Å². The number of aryl methyl sites for hydroxylation is 1. The third-order valence-electron chi connectivity index (χ3n) is 2.55. The molecule has 0 saturated heterocycles. The van der Waals surface area contributed by atoms with Crippen LogP contribution in [0.1, 0.15) is 26.3 Å². The van der Waals surface area contributed by atoms with E-state index in [0.29, 0.717) is 5.75 Å². The van der Waals surface area contributed by atoms with Gasteiger partial charge in [0.05, 0.1) is 16.8 Å². The second-order valence-electron chi connectivity index (χ2n) is 5.60. The Labute approximate surface area is 117 Å². The normalized spacial score (nSPS) is 11.8. The summed E-state index contributed by atoms with van der Waals surface area (Å²) in [5, 5.41) is 3.72. The van der Waals surface area contributed by atoms with Crippen LogP contribution in [0.4, 0.5) is 0 Å². The summed E-state index contributed by atoms with van der Waals surface area (Å²) in [6.07, 6.45) is 0. The molecule has 2 N–H and O–H groups in total. The average Bonchev–Trinajstić information content (AvgIpc) is 2.68. The predicted molar refractivity (Wildman–Crippen MR) is 79.5 cm³/mol. The van der Waals surface area contributed by atoms with Crippen LogP contribution in [0.25, 0.3) is 11.0 Å². The van der Waals surface area contributed by atoms with Gasteiger partial charge in [-0.2, -0.15) is 0 Å². The van der Waals surface area contributed by atoms with Crippen molar-refractivity contribution in [2.75, 3.05) is 5.75 Å². The number of rotatable bonds is 3. The van der Waals surface area contributed by atoms with Gasteiger partial charge in [-0.15, -0.1) is 0 Å². The number of fused-ring (bicyclic) bond motifs is 1. The van der Waals surface area contributed by atoms with Crippen molar-refractivity contribution in [1.82, 2.24) is 15.3 Å². The molecule has 19 heavy (non-hydrogen) atoms. The Balaban J connectivity index is 2.02. The summed E-state index contributed by atoms with van der Waals surface area (Å²) in [5.41, 5.74) is 2.93. The summed E-state index contributed by atoms with van der Waals surface area (Å²) in [5.74, 6) is 0.394. The Morgan fingerprint density at radius 1 is 1.42 bits per heavy atom. The molecular formula is C14H19N3OS. The number of aromatic amines is 1. The van der Waals surface area contributed by atoms with E-state index >= 15 is 0 Å². The minimum Gasteiger partial charge on any atom is -0.351 e. The maximum absolute atomic E-state index is 11.7. The lowest BCUT2D eigenvalue weighted by atomic mass is 10.1. The second-order valence-corrected chi connectivity index (χ2v) is 6.56. The first-order valence-corrected chi connectivity index (χ1v) is 7.23. The number of nitrogens with one attached hydrogen (secondary N) is 2. The molecule has 2 aromatic rings. The number of thioether (sulfide) groups is 1. The van der Waals surface area contributed by atoms with E-state index in [0.717, 1.165) is 21.8 Å². The number of amides is 1. The van der Waals surface area contributed by atoms with Crippen LogP contribution >= 0.6 is 11.8 Å². The minimum atomic E-state index is -0.192. The number of benzene rings is 1. The summed E-state index contributed by atoms with van der Waals surface area (Å²) in [4.78, 5) is 19.5. The van der Waals surface area contributed by atoms with Crippen LogP contribution in [-0.2, 0) is 4.79 Å². The molecular weight excluding hydrogens is 258 g/mol. The number of nitrogens with zero attached hydrogens (tertiary/aromatic N) is 1. The van der Waals surface area contributed by atoms with Crippen LogP contribution in [0.3, 0.4) is 0 Å². The van der Waals surface area contributed by atoms with Crippen molar-refractivity contribution in [2.45, 2.75) is 38.4 Å². The molecule has 0 radical (unpaired) electrons. The van der Waals surface area contributed by atoms with Crippen molar-refractivity contribution >= 4 is 28.7 Å². The number of H-pyrrole nitrogens is 1. The molecule has 0 saturated carbocycles. The molecule has 0 bridgehead atoms.